The van der Waals surface area contributed by atoms with E-state index in [1.807, 2.05) is 11.9 Å². The first-order valence-electron chi connectivity index (χ1n) is 6.88. The first-order valence-corrected chi connectivity index (χ1v) is 6.88. The standard InChI is InChI=1S/C13H23N3O2.ClH/c1-15(8-9-16-7-3-6-12(16)17)13(18)10-4-2-5-11(10)14;/h10-11H,2-9,14H2,1H3;1H. The number of likely N-dealkylation sites (tertiary alicyclic amines) is 1. The molecule has 1 saturated heterocycles. The van der Waals surface area contributed by atoms with E-state index in [-0.39, 0.29) is 36.2 Å². The molecule has 6 heteroatoms. The monoisotopic (exact) mass is 289 g/mol. The second-order valence-corrected chi connectivity index (χ2v) is 5.45. The quantitative estimate of drug-likeness (QED) is 0.825. The molecule has 0 aromatic rings. The Morgan fingerprint density at radius 3 is 2.68 bits per heavy atom. The molecule has 110 valence electrons. The molecule has 1 aliphatic carbocycles. The highest BCUT2D eigenvalue weighted by Crippen LogP contribution is 2.25. The van der Waals surface area contributed by atoms with Crippen LogP contribution in [0.3, 0.4) is 0 Å². The Hall–Kier alpha value is -0.810. The molecule has 5 nitrogen and oxygen atoms in total. The Kier molecular flexibility index (Phi) is 6.07. The van der Waals surface area contributed by atoms with E-state index in [9.17, 15) is 9.59 Å². The van der Waals surface area contributed by atoms with Crippen LogP contribution < -0.4 is 5.73 Å². The number of rotatable bonds is 4. The lowest BCUT2D eigenvalue weighted by Crippen LogP contribution is -2.43. The molecule has 2 unspecified atom stereocenters. The van der Waals surface area contributed by atoms with Gasteiger partial charge in [-0.25, -0.2) is 0 Å². The topological polar surface area (TPSA) is 66.6 Å². The Bertz CT molecular complexity index is 338. The van der Waals surface area contributed by atoms with Crippen LogP contribution in [0, 0.1) is 5.92 Å². The van der Waals surface area contributed by atoms with Crippen molar-refractivity contribution in [3.8, 4) is 0 Å². The largest absolute Gasteiger partial charge is 0.344 e. The summed E-state index contributed by atoms with van der Waals surface area (Å²) in [7, 11) is 1.81. The fourth-order valence-electron chi connectivity index (χ4n) is 2.90. The van der Waals surface area contributed by atoms with Crippen LogP contribution in [0.5, 0.6) is 0 Å². The zero-order chi connectivity index (χ0) is 13.1. The number of hydrogen-bond acceptors (Lipinski definition) is 3. The molecule has 19 heavy (non-hydrogen) atoms. The summed E-state index contributed by atoms with van der Waals surface area (Å²) in [6, 6.07) is 0.0216. The number of amides is 2. The fourth-order valence-corrected chi connectivity index (χ4v) is 2.90. The fraction of sp³-hybridized carbons (Fsp3) is 0.846. The second-order valence-electron chi connectivity index (χ2n) is 5.45. The number of likely N-dealkylation sites (N-methyl/N-ethyl adjacent to an activating group) is 1. The first-order chi connectivity index (χ1) is 8.59. The minimum atomic E-state index is -0.00993. The van der Waals surface area contributed by atoms with Gasteiger partial charge in [-0.2, -0.15) is 0 Å². The van der Waals surface area contributed by atoms with Gasteiger partial charge >= 0.3 is 0 Å². The number of nitrogens with two attached hydrogens (primary N) is 1. The molecule has 2 atom stereocenters. The van der Waals surface area contributed by atoms with Crippen LogP contribution in [-0.2, 0) is 9.59 Å². The highest BCUT2D eigenvalue weighted by Gasteiger charge is 2.32. The number of carbonyl (C=O) groups is 2. The van der Waals surface area contributed by atoms with Crippen molar-refractivity contribution in [3.05, 3.63) is 0 Å². The summed E-state index contributed by atoms with van der Waals surface area (Å²) in [5, 5.41) is 0. The van der Waals surface area contributed by atoms with Crippen LogP contribution in [0.4, 0.5) is 0 Å². The van der Waals surface area contributed by atoms with Crippen molar-refractivity contribution in [3.63, 3.8) is 0 Å². The molecule has 0 spiro atoms. The van der Waals surface area contributed by atoms with Crippen LogP contribution in [0.25, 0.3) is 0 Å². The van der Waals surface area contributed by atoms with Crippen LogP contribution in [0.1, 0.15) is 32.1 Å². The lowest BCUT2D eigenvalue weighted by molar-refractivity contribution is -0.136. The van der Waals surface area contributed by atoms with Gasteiger partial charge < -0.3 is 15.5 Å². The number of carbonyl (C=O) groups excluding carboxylic acids is 2. The van der Waals surface area contributed by atoms with Crippen LogP contribution in [0.15, 0.2) is 0 Å². The van der Waals surface area contributed by atoms with Gasteiger partial charge in [-0.3, -0.25) is 9.59 Å². The molecule has 2 aliphatic rings. The van der Waals surface area contributed by atoms with Gasteiger partial charge in [-0.15, -0.1) is 12.4 Å². The lowest BCUT2D eigenvalue weighted by Gasteiger charge is -2.25. The van der Waals surface area contributed by atoms with E-state index in [4.69, 9.17) is 5.73 Å². The van der Waals surface area contributed by atoms with Crippen molar-refractivity contribution in [1.29, 1.82) is 0 Å². The minimum Gasteiger partial charge on any atom is -0.344 e. The molecule has 2 rings (SSSR count). The van der Waals surface area contributed by atoms with E-state index >= 15 is 0 Å². The summed E-state index contributed by atoms with van der Waals surface area (Å²) < 4.78 is 0. The van der Waals surface area contributed by atoms with Crippen molar-refractivity contribution in [2.75, 3.05) is 26.7 Å². The molecular formula is C13H24ClN3O2. The van der Waals surface area contributed by atoms with Crippen molar-refractivity contribution in [2.45, 2.75) is 38.1 Å². The smallest absolute Gasteiger partial charge is 0.227 e. The average molecular weight is 290 g/mol. The molecule has 1 heterocycles. The van der Waals surface area contributed by atoms with Gasteiger partial charge in [0.1, 0.15) is 0 Å². The maximum absolute atomic E-state index is 12.2. The zero-order valence-corrected chi connectivity index (χ0v) is 12.3. The summed E-state index contributed by atoms with van der Waals surface area (Å²) in [5.41, 5.74) is 5.95. The number of halogens is 1. The Balaban J connectivity index is 0.00000180. The van der Waals surface area contributed by atoms with Crippen molar-refractivity contribution in [2.24, 2.45) is 11.7 Å². The summed E-state index contributed by atoms with van der Waals surface area (Å²) >= 11 is 0. The van der Waals surface area contributed by atoms with Crippen LogP contribution in [-0.4, -0.2) is 54.3 Å². The maximum Gasteiger partial charge on any atom is 0.227 e. The van der Waals surface area contributed by atoms with Gasteiger partial charge in [0, 0.05) is 39.1 Å². The Morgan fingerprint density at radius 1 is 1.42 bits per heavy atom. The third kappa shape index (κ3) is 3.83. The molecule has 2 N–H and O–H groups in total. The van der Waals surface area contributed by atoms with Gasteiger partial charge in [-0.1, -0.05) is 6.42 Å². The van der Waals surface area contributed by atoms with E-state index < -0.39 is 0 Å². The maximum atomic E-state index is 12.2. The van der Waals surface area contributed by atoms with Gasteiger partial charge in [0.2, 0.25) is 11.8 Å². The third-order valence-corrected chi connectivity index (χ3v) is 4.14. The van der Waals surface area contributed by atoms with Gasteiger partial charge in [0.15, 0.2) is 0 Å². The third-order valence-electron chi connectivity index (χ3n) is 4.14. The van der Waals surface area contributed by atoms with E-state index in [1.54, 1.807) is 4.90 Å². The normalized spacial score (nSPS) is 26.4. The van der Waals surface area contributed by atoms with Crippen molar-refractivity contribution >= 4 is 24.2 Å². The molecule has 0 bridgehead atoms. The second kappa shape index (κ2) is 7.10. The average Bonchev–Trinajstić information content (AvgIpc) is 2.94. The molecule has 1 saturated carbocycles. The van der Waals surface area contributed by atoms with Crippen molar-refractivity contribution in [1.82, 2.24) is 9.80 Å². The molecular weight excluding hydrogens is 266 g/mol. The van der Waals surface area contributed by atoms with Crippen LogP contribution >= 0.6 is 12.4 Å². The van der Waals surface area contributed by atoms with Crippen LogP contribution in [0.2, 0.25) is 0 Å². The molecule has 0 aromatic carbocycles. The number of nitrogens with zero attached hydrogens (tertiary/aromatic N) is 2. The van der Waals surface area contributed by atoms with Gasteiger partial charge in [0.05, 0.1) is 5.92 Å². The van der Waals surface area contributed by atoms with E-state index in [0.717, 1.165) is 32.2 Å². The Labute approximate surface area is 120 Å². The van der Waals surface area contributed by atoms with Crippen molar-refractivity contribution < 1.29 is 9.59 Å². The summed E-state index contributed by atoms with van der Waals surface area (Å²) in [6.07, 6.45) is 4.52. The minimum absolute atomic E-state index is 0. The van der Waals surface area contributed by atoms with E-state index in [0.29, 0.717) is 19.5 Å². The van der Waals surface area contributed by atoms with Gasteiger partial charge in [-0.05, 0) is 19.3 Å². The molecule has 0 radical (unpaired) electrons. The summed E-state index contributed by atoms with van der Waals surface area (Å²) in [6.45, 7) is 2.11. The molecule has 2 amide bonds. The van der Waals surface area contributed by atoms with Gasteiger partial charge in [0.25, 0.3) is 0 Å². The van der Waals surface area contributed by atoms with E-state index in [2.05, 4.69) is 0 Å². The molecule has 2 fully saturated rings. The zero-order valence-electron chi connectivity index (χ0n) is 11.5. The SMILES string of the molecule is CN(CCN1CCCC1=O)C(=O)C1CCCC1N.Cl. The molecule has 1 aliphatic heterocycles. The first kappa shape index (κ1) is 16.2. The highest BCUT2D eigenvalue weighted by atomic mass is 35.5. The molecule has 0 aromatic heterocycles. The predicted molar refractivity (Wildman–Crippen MR) is 76.0 cm³/mol. The summed E-state index contributed by atoms with van der Waals surface area (Å²) in [4.78, 5) is 27.2. The Morgan fingerprint density at radius 2 is 2.16 bits per heavy atom. The number of hydrogen-bond donors (Lipinski definition) is 1. The van der Waals surface area contributed by atoms with E-state index in [1.165, 1.54) is 0 Å². The highest BCUT2D eigenvalue weighted by molar-refractivity contribution is 5.85. The lowest BCUT2D eigenvalue weighted by atomic mass is 10.0. The predicted octanol–water partition coefficient (Wildman–Crippen LogP) is 0.616. The summed E-state index contributed by atoms with van der Waals surface area (Å²) in [5.74, 6) is 0.351.